The van der Waals surface area contributed by atoms with Crippen LogP contribution in [-0.2, 0) is 10.0 Å². The molecule has 5 heteroatoms. The quantitative estimate of drug-likeness (QED) is 0.839. The molecule has 1 aliphatic carbocycles. The summed E-state index contributed by atoms with van der Waals surface area (Å²) in [5, 5.41) is 10.8. The first-order chi connectivity index (χ1) is 10.8. The van der Waals surface area contributed by atoms with E-state index in [0.717, 1.165) is 37.7 Å². The molecule has 2 aliphatic rings. The SMILES string of the molecule is CCCC[C@]12CCC[C@@](C)(O)[C@H]1N2S(=O)(=O)c1ccc(C)cc1. The number of fused-ring (bicyclic) bond motifs is 1. The summed E-state index contributed by atoms with van der Waals surface area (Å²) in [6, 6.07) is 6.74. The van der Waals surface area contributed by atoms with Gasteiger partial charge in [-0.1, -0.05) is 37.5 Å². The van der Waals surface area contributed by atoms with Crippen molar-refractivity contribution < 1.29 is 13.5 Å². The van der Waals surface area contributed by atoms with Gasteiger partial charge in [-0.25, -0.2) is 8.42 Å². The fourth-order valence-corrected chi connectivity index (χ4v) is 6.49. The summed E-state index contributed by atoms with van der Waals surface area (Å²) >= 11 is 0. The average Bonchev–Trinajstić information content (AvgIpc) is 3.17. The Bertz CT molecular complexity index is 681. The van der Waals surface area contributed by atoms with E-state index >= 15 is 0 Å². The Morgan fingerprint density at radius 2 is 1.91 bits per heavy atom. The summed E-state index contributed by atoms with van der Waals surface area (Å²) in [5.74, 6) is 0. The number of aliphatic hydroxyl groups is 1. The Hall–Kier alpha value is -0.910. The molecule has 0 spiro atoms. The van der Waals surface area contributed by atoms with E-state index in [1.807, 2.05) is 19.1 Å². The van der Waals surface area contributed by atoms with Crippen molar-refractivity contribution in [3.8, 4) is 0 Å². The molecule has 3 rings (SSSR count). The molecule has 2 fully saturated rings. The van der Waals surface area contributed by atoms with Gasteiger partial charge in [0, 0.05) is 0 Å². The molecule has 0 bridgehead atoms. The Morgan fingerprint density at radius 1 is 1.26 bits per heavy atom. The van der Waals surface area contributed by atoms with Crippen molar-refractivity contribution in [2.24, 2.45) is 0 Å². The van der Waals surface area contributed by atoms with Crippen LogP contribution in [0.5, 0.6) is 0 Å². The molecule has 0 aromatic heterocycles. The average molecular weight is 337 g/mol. The maximum absolute atomic E-state index is 13.1. The topological polar surface area (TPSA) is 57.4 Å². The fourth-order valence-electron chi connectivity index (χ4n) is 4.37. The summed E-state index contributed by atoms with van der Waals surface area (Å²) in [5.41, 5.74) is -0.259. The lowest BCUT2D eigenvalue weighted by atomic mass is 9.77. The van der Waals surface area contributed by atoms with Crippen LogP contribution in [0.1, 0.15) is 57.9 Å². The van der Waals surface area contributed by atoms with Gasteiger partial charge in [0.2, 0.25) is 10.0 Å². The van der Waals surface area contributed by atoms with Gasteiger partial charge in [-0.2, -0.15) is 4.31 Å². The molecule has 0 radical (unpaired) electrons. The van der Waals surface area contributed by atoms with Crippen LogP contribution in [-0.4, -0.2) is 35.0 Å². The zero-order valence-electron chi connectivity index (χ0n) is 14.2. The third-order valence-corrected chi connectivity index (χ3v) is 7.50. The monoisotopic (exact) mass is 337 g/mol. The lowest BCUT2D eigenvalue weighted by molar-refractivity contribution is 0.0244. The Labute approximate surface area is 139 Å². The third kappa shape index (κ3) is 2.63. The predicted molar refractivity (Wildman–Crippen MR) is 90.7 cm³/mol. The molecule has 1 saturated heterocycles. The second kappa shape index (κ2) is 5.57. The van der Waals surface area contributed by atoms with Crippen molar-refractivity contribution >= 4 is 10.0 Å². The zero-order chi connectivity index (χ0) is 16.9. The van der Waals surface area contributed by atoms with Crippen LogP contribution in [0.15, 0.2) is 29.2 Å². The van der Waals surface area contributed by atoms with Gasteiger partial charge in [0.15, 0.2) is 0 Å². The molecule has 4 nitrogen and oxygen atoms in total. The van der Waals surface area contributed by atoms with Gasteiger partial charge in [-0.15, -0.1) is 0 Å². The number of nitrogens with zero attached hydrogens (tertiary/aromatic N) is 1. The Kier molecular flexibility index (Phi) is 4.10. The summed E-state index contributed by atoms with van der Waals surface area (Å²) < 4.78 is 27.9. The van der Waals surface area contributed by atoms with Crippen LogP contribution in [0.3, 0.4) is 0 Å². The second-order valence-corrected chi connectivity index (χ2v) is 9.25. The molecule has 1 unspecified atom stereocenters. The third-order valence-electron chi connectivity index (χ3n) is 5.54. The van der Waals surface area contributed by atoms with Crippen LogP contribution in [0.2, 0.25) is 0 Å². The van der Waals surface area contributed by atoms with Crippen molar-refractivity contribution in [3.63, 3.8) is 0 Å². The van der Waals surface area contributed by atoms with Gasteiger partial charge in [0.05, 0.1) is 22.1 Å². The van der Waals surface area contributed by atoms with Gasteiger partial charge < -0.3 is 5.11 Å². The number of aryl methyl sites for hydroxylation is 1. The lowest BCUT2D eigenvalue weighted by Gasteiger charge is -2.30. The Balaban J connectivity index is 1.98. The lowest BCUT2D eigenvalue weighted by Crippen LogP contribution is -2.40. The van der Waals surface area contributed by atoms with E-state index in [-0.39, 0.29) is 11.6 Å². The van der Waals surface area contributed by atoms with Crippen molar-refractivity contribution in [3.05, 3.63) is 29.8 Å². The van der Waals surface area contributed by atoms with Crippen LogP contribution in [0.4, 0.5) is 0 Å². The van der Waals surface area contributed by atoms with Crippen LogP contribution in [0, 0.1) is 6.92 Å². The van der Waals surface area contributed by atoms with Gasteiger partial charge in [-0.3, -0.25) is 0 Å². The maximum Gasteiger partial charge on any atom is 0.244 e. The maximum atomic E-state index is 13.1. The minimum Gasteiger partial charge on any atom is -0.388 e. The number of sulfonamides is 1. The highest BCUT2D eigenvalue weighted by Crippen LogP contribution is 2.60. The van der Waals surface area contributed by atoms with E-state index in [0.29, 0.717) is 11.3 Å². The minimum atomic E-state index is -3.55. The summed E-state index contributed by atoms with van der Waals surface area (Å²) in [7, 11) is -3.55. The van der Waals surface area contributed by atoms with Gasteiger partial charge in [0.25, 0.3) is 0 Å². The van der Waals surface area contributed by atoms with Crippen molar-refractivity contribution in [1.29, 1.82) is 0 Å². The molecule has 128 valence electrons. The molecule has 23 heavy (non-hydrogen) atoms. The standard InChI is InChI=1S/C18H27NO3S/c1-4-5-12-18-13-6-11-17(3,20)16(18)19(18)23(21,22)15-9-7-14(2)8-10-15/h7-10,16,20H,4-6,11-13H2,1-3H3/t16-,17-,18+,19?/m1/s1. The van der Waals surface area contributed by atoms with Crippen molar-refractivity contribution in [2.75, 3.05) is 0 Å². The number of rotatable bonds is 5. The molecule has 1 aromatic carbocycles. The summed E-state index contributed by atoms with van der Waals surface area (Å²) in [6.07, 6.45) is 5.29. The van der Waals surface area contributed by atoms with E-state index in [1.54, 1.807) is 23.4 Å². The molecule has 1 aliphatic heterocycles. The zero-order valence-corrected chi connectivity index (χ0v) is 15.1. The summed E-state index contributed by atoms with van der Waals surface area (Å²) in [6.45, 7) is 5.86. The van der Waals surface area contributed by atoms with Crippen molar-refractivity contribution in [2.45, 2.75) is 81.4 Å². The number of benzene rings is 1. The minimum absolute atomic E-state index is 0.276. The van der Waals surface area contributed by atoms with Crippen LogP contribution in [0.25, 0.3) is 0 Å². The smallest absolute Gasteiger partial charge is 0.244 e. The molecule has 4 atom stereocenters. The molecule has 1 N–H and O–H groups in total. The first-order valence-corrected chi connectivity index (χ1v) is 10.0. The first-order valence-electron chi connectivity index (χ1n) is 8.59. The van der Waals surface area contributed by atoms with Gasteiger partial charge in [-0.05, 0) is 51.7 Å². The fraction of sp³-hybridized carbons (Fsp3) is 0.667. The molecular formula is C18H27NO3S. The van der Waals surface area contributed by atoms with E-state index in [4.69, 9.17) is 0 Å². The molecular weight excluding hydrogens is 310 g/mol. The first kappa shape index (κ1) is 16.9. The highest BCUT2D eigenvalue weighted by molar-refractivity contribution is 7.89. The van der Waals surface area contributed by atoms with Gasteiger partial charge in [0.1, 0.15) is 0 Å². The van der Waals surface area contributed by atoms with Crippen LogP contribution < -0.4 is 0 Å². The highest BCUT2D eigenvalue weighted by atomic mass is 32.2. The Morgan fingerprint density at radius 3 is 2.52 bits per heavy atom. The van der Waals surface area contributed by atoms with Crippen molar-refractivity contribution in [1.82, 2.24) is 4.31 Å². The molecule has 0 amide bonds. The molecule has 1 saturated carbocycles. The number of unbranched alkanes of at least 4 members (excludes halogenated alkanes) is 1. The van der Waals surface area contributed by atoms with E-state index < -0.39 is 15.6 Å². The van der Waals surface area contributed by atoms with E-state index in [1.165, 1.54) is 0 Å². The number of hydrogen-bond acceptors (Lipinski definition) is 3. The van der Waals surface area contributed by atoms with E-state index in [2.05, 4.69) is 6.92 Å². The predicted octanol–water partition coefficient (Wildman–Crippen LogP) is 3.23. The summed E-state index contributed by atoms with van der Waals surface area (Å²) in [4.78, 5) is 0.337. The highest BCUT2D eigenvalue weighted by Gasteiger charge is 2.74. The second-order valence-electron chi connectivity index (χ2n) is 7.43. The number of hydrogen-bond donors (Lipinski definition) is 1. The normalized spacial score (nSPS) is 36.5. The van der Waals surface area contributed by atoms with Gasteiger partial charge >= 0.3 is 0 Å². The molecule has 1 heterocycles. The molecule has 1 aromatic rings. The van der Waals surface area contributed by atoms with Crippen LogP contribution >= 0.6 is 0 Å². The largest absolute Gasteiger partial charge is 0.388 e. The van der Waals surface area contributed by atoms with E-state index in [9.17, 15) is 13.5 Å².